The molecule has 0 aliphatic heterocycles. The Morgan fingerprint density at radius 2 is 2.36 bits per heavy atom. The first-order valence-corrected chi connectivity index (χ1v) is 4.71. The molecule has 1 N–H and O–H groups in total. The third-order valence-corrected chi connectivity index (χ3v) is 2.26. The van der Waals surface area contributed by atoms with Crippen LogP contribution in [0.25, 0.3) is 0 Å². The van der Waals surface area contributed by atoms with E-state index >= 15 is 0 Å². The van der Waals surface area contributed by atoms with Crippen molar-refractivity contribution in [1.29, 1.82) is 0 Å². The average Bonchev–Trinajstić information content (AvgIpc) is 2.82. The first kappa shape index (κ1) is 9.12. The number of hydrogen-bond donors (Lipinski definition) is 1. The zero-order chi connectivity index (χ0) is 9.97. The van der Waals surface area contributed by atoms with Crippen molar-refractivity contribution in [3.05, 3.63) is 17.9 Å². The molecule has 1 saturated carbocycles. The molecule has 4 nitrogen and oxygen atoms in total. The Balaban J connectivity index is 1.79. The molecule has 0 radical (unpaired) electrons. The molecule has 2 rings (SSSR count). The number of furan rings is 1. The van der Waals surface area contributed by atoms with Crippen molar-refractivity contribution < 1.29 is 19.1 Å². The van der Waals surface area contributed by atoms with E-state index in [1.165, 1.54) is 25.0 Å². The standard InChI is InChI=1S/C10H12O4/c11-10(12)8-3-4-9(14-8)13-6-5-7-1-2-7/h3-4,7H,1-2,5-6H2,(H,11,12). The van der Waals surface area contributed by atoms with Crippen molar-refractivity contribution in [3.63, 3.8) is 0 Å². The van der Waals surface area contributed by atoms with Gasteiger partial charge in [-0.25, -0.2) is 4.79 Å². The topological polar surface area (TPSA) is 59.7 Å². The summed E-state index contributed by atoms with van der Waals surface area (Å²) in [7, 11) is 0. The molecule has 0 atom stereocenters. The van der Waals surface area contributed by atoms with Crippen molar-refractivity contribution in [1.82, 2.24) is 0 Å². The van der Waals surface area contributed by atoms with Crippen LogP contribution < -0.4 is 4.74 Å². The third-order valence-electron chi connectivity index (χ3n) is 2.26. The Bertz CT molecular complexity index is 325. The zero-order valence-electron chi connectivity index (χ0n) is 7.73. The summed E-state index contributed by atoms with van der Waals surface area (Å²) >= 11 is 0. The average molecular weight is 196 g/mol. The van der Waals surface area contributed by atoms with Gasteiger partial charge in [0.05, 0.1) is 6.61 Å². The molecular formula is C10H12O4. The number of hydrogen-bond acceptors (Lipinski definition) is 3. The minimum Gasteiger partial charge on any atom is -0.475 e. The van der Waals surface area contributed by atoms with E-state index in [0.29, 0.717) is 12.6 Å². The molecule has 76 valence electrons. The SMILES string of the molecule is O=C(O)c1ccc(OCCC2CC2)o1. The number of aromatic carboxylic acids is 1. The number of rotatable bonds is 5. The maximum atomic E-state index is 10.5. The molecule has 0 bridgehead atoms. The lowest BCUT2D eigenvalue weighted by Gasteiger charge is -2.00. The Hall–Kier alpha value is -1.45. The Morgan fingerprint density at radius 1 is 1.57 bits per heavy atom. The van der Waals surface area contributed by atoms with Gasteiger partial charge < -0.3 is 14.3 Å². The van der Waals surface area contributed by atoms with E-state index in [4.69, 9.17) is 14.3 Å². The molecule has 1 aliphatic rings. The van der Waals surface area contributed by atoms with E-state index in [1.54, 1.807) is 0 Å². The van der Waals surface area contributed by atoms with Crippen LogP contribution in [0.15, 0.2) is 16.5 Å². The van der Waals surface area contributed by atoms with Gasteiger partial charge in [0, 0.05) is 6.07 Å². The molecule has 0 spiro atoms. The van der Waals surface area contributed by atoms with E-state index in [2.05, 4.69) is 0 Å². The third kappa shape index (κ3) is 2.28. The molecule has 1 aromatic heterocycles. The molecule has 0 amide bonds. The fourth-order valence-corrected chi connectivity index (χ4v) is 1.25. The normalized spacial score (nSPS) is 15.4. The fraction of sp³-hybridized carbons (Fsp3) is 0.500. The highest BCUT2D eigenvalue weighted by molar-refractivity contribution is 5.84. The van der Waals surface area contributed by atoms with Crippen LogP contribution in [-0.4, -0.2) is 17.7 Å². The van der Waals surface area contributed by atoms with Crippen LogP contribution in [0.3, 0.4) is 0 Å². The minimum atomic E-state index is -1.07. The van der Waals surface area contributed by atoms with Crippen molar-refractivity contribution >= 4 is 5.97 Å². The maximum absolute atomic E-state index is 10.5. The predicted octanol–water partition coefficient (Wildman–Crippen LogP) is 2.16. The van der Waals surface area contributed by atoms with E-state index < -0.39 is 5.97 Å². The van der Waals surface area contributed by atoms with Gasteiger partial charge in [0.15, 0.2) is 0 Å². The van der Waals surface area contributed by atoms with Crippen LogP contribution >= 0.6 is 0 Å². The minimum absolute atomic E-state index is 0.0774. The highest BCUT2D eigenvalue weighted by Crippen LogP contribution is 2.32. The van der Waals surface area contributed by atoms with Crippen LogP contribution in [0.2, 0.25) is 0 Å². The van der Waals surface area contributed by atoms with Crippen molar-refractivity contribution in [2.24, 2.45) is 5.92 Å². The molecule has 0 unspecified atom stereocenters. The molecule has 1 fully saturated rings. The van der Waals surface area contributed by atoms with Crippen LogP contribution in [0.1, 0.15) is 29.8 Å². The van der Waals surface area contributed by atoms with E-state index in [-0.39, 0.29) is 5.76 Å². The van der Waals surface area contributed by atoms with Gasteiger partial charge in [0.1, 0.15) is 0 Å². The van der Waals surface area contributed by atoms with E-state index in [0.717, 1.165) is 12.3 Å². The summed E-state index contributed by atoms with van der Waals surface area (Å²) in [5.41, 5.74) is 0. The second-order valence-electron chi connectivity index (χ2n) is 3.50. The molecule has 1 aliphatic carbocycles. The highest BCUT2D eigenvalue weighted by atomic mass is 16.6. The number of ether oxygens (including phenoxy) is 1. The second kappa shape index (κ2) is 3.74. The highest BCUT2D eigenvalue weighted by Gasteiger charge is 2.21. The van der Waals surface area contributed by atoms with Crippen LogP contribution in [-0.2, 0) is 0 Å². The lowest BCUT2D eigenvalue weighted by molar-refractivity contribution is 0.0653. The monoisotopic (exact) mass is 196 g/mol. The lowest BCUT2D eigenvalue weighted by atomic mass is 10.3. The summed E-state index contributed by atoms with van der Waals surface area (Å²) in [5.74, 6) is -0.0413. The maximum Gasteiger partial charge on any atom is 0.371 e. The van der Waals surface area contributed by atoms with Gasteiger partial charge in [-0.05, 0) is 18.4 Å². The van der Waals surface area contributed by atoms with Crippen LogP contribution in [0.4, 0.5) is 0 Å². The number of carboxylic acid groups (broad SMARTS) is 1. The molecule has 1 heterocycles. The van der Waals surface area contributed by atoms with Crippen LogP contribution in [0.5, 0.6) is 5.95 Å². The first-order chi connectivity index (χ1) is 6.75. The summed E-state index contributed by atoms with van der Waals surface area (Å²) in [6.45, 7) is 0.608. The molecule has 14 heavy (non-hydrogen) atoms. The summed E-state index contributed by atoms with van der Waals surface area (Å²) in [5, 5.41) is 8.57. The first-order valence-electron chi connectivity index (χ1n) is 4.71. The largest absolute Gasteiger partial charge is 0.475 e. The quantitative estimate of drug-likeness (QED) is 0.783. The fourth-order valence-electron chi connectivity index (χ4n) is 1.25. The van der Waals surface area contributed by atoms with Crippen molar-refractivity contribution in [2.45, 2.75) is 19.3 Å². The molecule has 1 aromatic rings. The summed E-state index contributed by atoms with van der Waals surface area (Å²) in [4.78, 5) is 10.5. The molecular weight excluding hydrogens is 184 g/mol. The van der Waals surface area contributed by atoms with Crippen molar-refractivity contribution in [2.75, 3.05) is 6.61 Å². The second-order valence-corrected chi connectivity index (χ2v) is 3.50. The van der Waals surface area contributed by atoms with Gasteiger partial charge in [0.2, 0.25) is 5.76 Å². The van der Waals surface area contributed by atoms with Gasteiger partial charge in [-0.1, -0.05) is 12.8 Å². The Morgan fingerprint density at radius 3 is 2.93 bits per heavy atom. The predicted molar refractivity (Wildman–Crippen MR) is 48.5 cm³/mol. The van der Waals surface area contributed by atoms with Gasteiger partial charge in [-0.2, -0.15) is 0 Å². The number of carboxylic acids is 1. The lowest BCUT2D eigenvalue weighted by Crippen LogP contribution is -1.97. The van der Waals surface area contributed by atoms with Gasteiger partial charge in [-0.15, -0.1) is 0 Å². The molecule has 0 saturated heterocycles. The van der Waals surface area contributed by atoms with Crippen molar-refractivity contribution in [3.8, 4) is 5.95 Å². The summed E-state index contributed by atoms with van der Waals surface area (Å²) in [6, 6.07) is 2.94. The van der Waals surface area contributed by atoms with Crippen LogP contribution in [0, 0.1) is 5.92 Å². The summed E-state index contributed by atoms with van der Waals surface area (Å²) in [6.07, 6.45) is 3.62. The van der Waals surface area contributed by atoms with E-state index in [9.17, 15) is 4.79 Å². The molecule has 0 aromatic carbocycles. The van der Waals surface area contributed by atoms with E-state index in [1.807, 2.05) is 0 Å². The Kier molecular flexibility index (Phi) is 2.43. The smallest absolute Gasteiger partial charge is 0.371 e. The molecule has 4 heteroatoms. The van der Waals surface area contributed by atoms with Gasteiger partial charge >= 0.3 is 5.97 Å². The summed E-state index contributed by atoms with van der Waals surface area (Å²) < 4.78 is 10.2. The van der Waals surface area contributed by atoms with Gasteiger partial charge in [-0.3, -0.25) is 0 Å². The zero-order valence-corrected chi connectivity index (χ0v) is 7.73. The number of carbonyl (C=O) groups is 1. The van der Waals surface area contributed by atoms with Gasteiger partial charge in [0.25, 0.3) is 5.95 Å². The Labute approximate surface area is 81.5 Å².